The predicted molar refractivity (Wildman–Crippen MR) is 89.8 cm³/mol. The summed E-state index contributed by atoms with van der Waals surface area (Å²) in [6, 6.07) is 26.6. The molecular weight excluding hydrogens is 254 g/mol. The predicted octanol–water partition coefficient (Wildman–Crippen LogP) is 5.20. The standard InChI is InChI=1S/C20H19N/c1-2-7-15(8-3-1)17-13-18(14-17)21-20-12-6-10-16-9-4-5-11-19(16)20/h1-12,17-18,21H,13-14H2. The summed E-state index contributed by atoms with van der Waals surface area (Å²) in [6.45, 7) is 0. The molecule has 0 atom stereocenters. The van der Waals surface area contributed by atoms with Crippen molar-refractivity contribution in [3.8, 4) is 0 Å². The van der Waals surface area contributed by atoms with E-state index in [0.717, 1.165) is 5.92 Å². The Kier molecular flexibility index (Phi) is 3.11. The molecule has 3 aromatic rings. The molecule has 1 heteroatoms. The SMILES string of the molecule is c1ccc(C2CC(Nc3cccc4ccccc34)C2)cc1. The van der Waals surface area contributed by atoms with E-state index in [2.05, 4.69) is 78.1 Å². The van der Waals surface area contributed by atoms with Crippen LogP contribution in [0.3, 0.4) is 0 Å². The molecule has 0 amide bonds. The zero-order valence-electron chi connectivity index (χ0n) is 12.0. The van der Waals surface area contributed by atoms with Crippen molar-refractivity contribution in [1.29, 1.82) is 0 Å². The Bertz CT molecular complexity index is 737. The highest BCUT2D eigenvalue weighted by molar-refractivity contribution is 5.93. The summed E-state index contributed by atoms with van der Waals surface area (Å²) < 4.78 is 0. The third-order valence-electron chi connectivity index (χ3n) is 4.56. The highest BCUT2D eigenvalue weighted by atomic mass is 14.9. The van der Waals surface area contributed by atoms with Crippen LogP contribution in [-0.4, -0.2) is 6.04 Å². The van der Waals surface area contributed by atoms with Crippen LogP contribution < -0.4 is 5.32 Å². The molecule has 0 radical (unpaired) electrons. The van der Waals surface area contributed by atoms with Crippen LogP contribution in [0.25, 0.3) is 10.8 Å². The Morgan fingerprint density at radius 2 is 1.43 bits per heavy atom. The van der Waals surface area contributed by atoms with Crippen LogP contribution in [0, 0.1) is 0 Å². The molecule has 1 nitrogen and oxygen atoms in total. The fourth-order valence-corrected chi connectivity index (χ4v) is 3.30. The summed E-state index contributed by atoms with van der Waals surface area (Å²) >= 11 is 0. The molecule has 0 bridgehead atoms. The molecule has 0 unspecified atom stereocenters. The van der Waals surface area contributed by atoms with Crippen molar-refractivity contribution in [2.75, 3.05) is 5.32 Å². The van der Waals surface area contributed by atoms with Crippen molar-refractivity contribution in [2.24, 2.45) is 0 Å². The summed E-state index contributed by atoms with van der Waals surface area (Å²) in [5.41, 5.74) is 2.75. The fraction of sp³-hybridized carbons (Fsp3) is 0.200. The normalized spacial score (nSPS) is 21.0. The van der Waals surface area contributed by atoms with Gasteiger partial charge in [-0.15, -0.1) is 0 Å². The van der Waals surface area contributed by atoms with Gasteiger partial charge in [-0.25, -0.2) is 0 Å². The lowest BCUT2D eigenvalue weighted by Gasteiger charge is -2.37. The maximum atomic E-state index is 3.72. The van der Waals surface area contributed by atoms with Gasteiger partial charge in [0, 0.05) is 17.1 Å². The van der Waals surface area contributed by atoms with Gasteiger partial charge in [0.25, 0.3) is 0 Å². The average molecular weight is 273 g/mol. The van der Waals surface area contributed by atoms with E-state index in [-0.39, 0.29) is 0 Å². The minimum Gasteiger partial charge on any atom is -0.382 e. The number of benzene rings is 3. The first-order chi connectivity index (χ1) is 10.4. The monoisotopic (exact) mass is 273 g/mol. The van der Waals surface area contributed by atoms with Gasteiger partial charge in [0.2, 0.25) is 0 Å². The van der Waals surface area contributed by atoms with Gasteiger partial charge in [-0.05, 0) is 35.8 Å². The molecular formula is C20H19N. The van der Waals surface area contributed by atoms with Crippen LogP contribution in [0.1, 0.15) is 24.3 Å². The summed E-state index contributed by atoms with van der Waals surface area (Å²) in [5, 5.41) is 6.35. The van der Waals surface area contributed by atoms with E-state index in [1.807, 2.05) is 0 Å². The first kappa shape index (κ1) is 12.5. The molecule has 0 saturated heterocycles. The van der Waals surface area contributed by atoms with Gasteiger partial charge >= 0.3 is 0 Å². The van der Waals surface area contributed by atoms with Crippen molar-refractivity contribution < 1.29 is 0 Å². The second kappa shape index (κ2) is 5.25. The summed E-state index contributed by atoms with van der Waals surface area (Å²) in [4.78, 5) is 0. The Hall–Kier alpha value is -2.28. The van der Waals surface area contributed by atoms with E-state index in [9.17, 15) is 0 Å². The van der Waals surface area contributed by atoms with Crippen molar-refractivity contribution >= 4 is 16.5 Å². The Labute approximate surface area is 125 Å². The molecule has 0 heterocycles. The molecule has 1 saturated carbocycles. The minimum absolute atomic E-state index is 0.598. The Morgan fingerprint density at radius 1 is 0.714 bits per heavy atom. The minimum atomic E-state index is 0.598. The van der Waals surface area contributed by atoms with Crippen LogP contribution in [0.4, 0.5) is 5.69 Å². The molecule has 0 spiro atoms. The average Bonchev–Trinajstić information content (AvgIpc) is 2.51. The van der Waals surface area contributed by atoms with Crippen molar-refractivity contribution in [3.63, 3.8) is 0 Å². The molecule has 0 aliphatic heterocycles. The lowest BCUT2D eigenvalue weighted by atomic mass is 9.76. The number of anilines is 1. The lowest BCUT2D eigenvalue weighted by molar-refractivity contribution is 0.374. The zero-order valence-corrected chi connectivity index (χ0v) is 12.0. The number of nitrogens with one attached hydrogen (secondary N) is 1. The molecule has 21 heavy (non-hydrogen) atoms. The molecule has 1 N–H and O–H groups in total. The Balaban J connectivity index is 1.48. The van der Waals surface area contributed by atoms with Gasteiger partial charge in [0.1, 0.15) is 0 Å². The van der Waals surface area contributed by atoms with E-state index in [1.165, 1.54) is 34.9 Å². The summed E-state index contributed by atoms with van der Waals surface area (Å²) in [5.74, 6) is 0.721. The number of fused-ring (bicyclic) bond motifs is 1. The van der Waals surface area contributed by atoms with Gasteiger partial charge in [0.05, 0.1) is 0 Å². The molecule has 0 aromatic heterocycles. The third kappa shape index (κ3) is 2.40. The van der Waals surface area contributed by atoms with Crippen LogP contribution in [0.15, 0.2) is 72.8 Å². The van der Waals surface area contributed by atoms with Gasteiger partial charge in [-0.3, -0.25) is 0 Å². The van der Waals surface area contributed by atoms with E-state index in [0.29, 0.717) is 6.04 Å². The molecule has 104 valence electrons. The number of hydrogen-bond acceptors (Lipinski definition) is 1. The van der Waals surface area contributed by atoms with Gasteiger partial charge in [0.15, 0.2) is 0 Å². The van der Waals surface area contributed by atoms with Crippen molar-refractivity contribution in [2.45, 2.75) is 24.8 Å². The third-order valence-corrected chi connectivity index (χ3v) is 4.56. The highest BCUT2D eigenvalue weighted by Gasteiger charge is 2.30. The molecule has 1 fully saturated rings. The molecule has 3 aromatic carbocycles. The molecule has 4 rings (SSSR count). The quantitative estimate of drug-likeness (QED) is 0.691. The lowest BCUT2D eigenvalue weighted by Crippen LogP contribution is -2.34. The second-order valence-corrected chi connectivity index (χ2v) is 5.95. The highest BCUT2D eigenvalue weighted by Crippen LogP contribution is 2.39. The van der Waals surface area contributed by atoms with Gasteiger partial charge in [-0.2, -0.15) is 0 Å². The summed E-state index contributed by atoms with van der Waals surface area (Å²) in [7, 11) is 0. The number of rotatable bonds is 3. The van der Waals surface area contributed by atoms with E-state index >= 15 is 0 Å². The van der Waals surface area contributed by atoms with E-state index in [1.54, 1.807) is 0 Å². The van der Waals surface area contributed by atoms with E-state index in [4.69, 9.17) is 0 Å². The molecule has 1 aliphatic rings. The zero-order chi connectivity index (χ0) is 14.1. The topological polar surface area (TPSA) is 12.0 Å². The summed E-state index contributed by atoms with van der Waals surface area (Å²) in [6.07, 6.45) is 2.46. The smallest absolute Gasteiger partial charge is 0.0422 e. The maximum absolute atomic E-state index is 3.72. The van der Waals surface area contributed by atoms with Crippen LogP contribution >= 0.6 is 0 Å². The second-order valence-electron chi connectivity index (χ2n) is 5.95. The first-order valence-corrected chi connectivity index (χ1v) is 7.69. The van der Waals surface area contributed by atoms with Crippen molar-refractivity contribution in [1.82, 2.24) is 0 Å². The largest absolute Gasteiger partial charge is 0.382 e. The number of hydrogen-bond donors (Lipinski definition) is 1. The van der Waals surface area contributed by atoms with Gasteiger partial charge in [-0.1, -0.05) is 66.7 Å². The van der Waals surface area contributed by atoms with Gasteiger partial charge < -0.3 is 5.32 Å². The Morgan fingerprint density at radius 3 is 2.29 bits per heavy atom. The first-order valence-electron chi connectivity index (χ1n) is 7.69. The van der Waals surface area contributed by atoms with Crippen LogP contribution in [0.5, 0.6) is 0 Å². The van der Waals surface area contributed by atoms with Crippen LogP contribution in [-0.2, 0) is 0 Å². The van der Waals surface area contributed by atoms with Crippen molar-refractivity contribution in [3.05, 3.63) is 78.4 Å². The maximum Gasteiger partial charge on any atom is 0.0422 e. The van der Waals surface area contributed by atoms with Crippen LogP contribution in [0.2, 0.25) is 0 Å². The molecule has 1 aliphatic carbocycles. The fourth-order valence-electron chi connectivity index (χ4n) is 3.30. The van der Waals surface area contributed by atoms with E-state index < -0.39 is 0 Å².